The molecule has 0 radical (unpaired) electrons. The number of fused-ring (bicyclic) bond motifs is 1. The molecule has 3 rings (SSSR count). The van der Waals surface area contributed by atoms with Gasteiger partial charge in [0.2, 0.25) is 0 Å². The summed E-state index contributed by atoms with van der Waals surface area (Å²) in [6.07, 6.45) is 8.43. The zero-order chi connectivity index (χ0) is 19.8. The zero-order valence-corrected chi connectivity index (χ0v) is 17.4. The number of rotatable bonds is 8. The van der Waals surface area contributed by atoms with E-state index < -0.39 is 0 Å². The van der Waals surface area contributed by atoms with Crippen molar-refractivity contribution in [2.75, 3.05) is 47.0 Å². The topological polar surface area (TPSA) is 63.4 Å². The van der Waals surface area contributed by atoms with Crippen LogP contribution in [0, 0.1) is 6.92 Å². The molecule has 0 saturated carbocycles. The lowest BCUT2D eigenvalue weighted by Crippen LogP contribution is -2.47. The minimum Gasteiger partial charge on any atom is -0.385 e. The Hall–Kier alpha value is -2.12. The second-order valence-corrected chi connectivity index (χ2v) is 7.28. The Morgan fingerprint density at radius 3 is 2.86 bits per heavy atom. The lowest BCUT2D eigenvalue weighted by molar-refractivity contribution is 0.00992. The molecule has 154 valence electrons. The summed E-state index contributed by atoms with van der Waals surface area (Å²) in [5.74, 6) is 0.970. The number of hydrogen-bond acceptors (Lipinski definition) is 4. The van der Waals surface area contributed by atoms with Crippen LogP contribution in [0.4, 0.5) is 0 Å². The fraction of sp³-hybridized carbons (Fsp3) is 0.619. The van der Waals surface area contributed by atoms with Gasteiger partial charge in [0.15, 0.2) is 5.96 Å². The number of aliphatic imine (C=N–C) groups is 1. The number of pyridine rings is 1. The molecule has 0 atom stereocenters. The van der Waals surface area contributed by atoms with E-state index in [2.05, 4.69) is 44.9 Å². The Balaban J connectivity index is 1.41. The van der Waals surface area contributed by atoms with Gasteiger partial charge in [0.1, 0.15) is 5.65 Å². The Labute approximate surface area is 167 Å². The predicted molar refractivity (Wildman–Crippen MR) is 112 cm³/mol. The predicted octanol–water partition coefficient (Wildman–Crippen LogP) is 2.28. The average molecular weight is 388 g/mol. The van der Waals surface area contributed by atoms with Crippen LogP contribution >= 0.6 is 0 Å². The first-order valence-electron chi connectivity index (χ1n) is 10.2. The fourth-order valence-corrected chi connectivity index (χ4v) is 3.65. The van der Waals surface area contributed by atoms with E-state index in [4.69, 9.17) is 14.5 Å². The largest absolute Gasteiger partial charge is 0.385 e. The normalized spacial score (nSPS) is 16.1. The Bertz CT molecular complexity index is 765. The molecule has 2 aromatic heterocycles. The van der Waals surface area contributed by atoms with Gasteiger partial charge in [-0.15, -0.1) is 0 Å². The quantitative estimate of drug-likeness (QED) is 0.428. The molecule has 3 heterocycles. The van der Waals surface area contributed by atoms with Gasteiger partial charge in [-0.05, 0) is 37.8 Å². The van der Waals surface area contributed by atoms with Crippen LogP contribution in [-0.2, 0) is 15.9 Å². The van der Waals surface area contributed by atoms with Crippen molar-refractivity contribution in [3.63, 3.8) is 0 Å². The van der Waals surface area contributed by atoms with Gasteiger partial charge in [0.25, 0.3) is 0 Å². The maximum Gasteiger partial charge on any atom is 0.193 e. The van der Waals surface area contributed by atoms with Crippen LogP contribution in [0.2, 0.25) is 0 Å². The summed E-state index contributed by atoms with van der Waals surface area (Å²) in [4.78, 5) is 11.5. The summed E-state index contributed by atoms with van der Waals surface area (Å²) >= 11 is 0. The van der Waals surface area contributed by atoms with Crippen molar-refractivity contribution < 1.29 is 9.47 Å². The molecule has 1 fully saturated rings. The number of ether oxygens (including phenoxy) is 2. The molecular weight excluding hydrogens is 354 g/mol. The number of aryl methyl sites for hydroxylation is 1. The van der Waals surface area contributed by atoms with Crippen molar-refractivity contribution >= 4 is 11.6 Å². The summed E-state index contributed by atoms with van der Waals surface area (Å²) in [5, 5.41) is 3.49. The number of aromatic nitrogens is 2. The average Bonchev–Trinajstić information content (AvgIpc) is 3.14. The lowest BCUT2D eigenvalue weighted by Gasteiger charge is -2.34. The van der Waals surface area contributed by atoms with Crippen molar-refractivity contribution in [3.05, 3.63) is 35.8 Å². The Morgan fingerprint density at radius 2 is 2.14 bits per heavy atom. The van der Waals surface area contributed by atoms with Crippen molar-refractivity contribution in [2.24, 2.45) is 4.99 Å². The zero-order valence-electron chi connectivity index (χ0n) is 17.4. The van der Waals surface area contributed by atoms with Crippen LogP contribution in [0.3, 0.4) is 0 Å². The van der Waals surface area contributed by atoms with Crippen molar-refractivity contribution in [1.29, 1.82) is 0 Å². The van der Waals surface area contributed by atoms with Crippen LogP contribution in [0.15, 0.2) is 29.5 Å². The first-order chi connectivity index (χ1) is 13.7. The van der Waals surface area contributed by atoms with Gasteiger partial charge in [0.05, 0.1) is 11.8 Å². The minimum atomic E-state index is 0.354. The number of imidazole rings is 1. The summed E-state index contributed by atoms with van der Waals surface area (Å²) in [6.45, 7) is 6.41. The van der Waals surface area contributed by atoms with Gasteiger partial charge in [-0.3, -0.25) is 4.99 Å². The molecule has 28 heavy (non-hydrogen) atoms. The summed E-state index contributed by atoms with van der Waals surface area (Å²) in [5.41, 5.74) is 3.33. The standard InChI is InChI=1S/C21H33N5O2/c1-17-6-4-11-26-16-18(24-20(17)26)7-10-23-21(22-2)25-12-8-19(9-13-25)28-15-5-14-27-3/h4,6,11,16,19H,5,7-10,12-15H2,1-3H3,(H,22,23). The van der Waals surface area contributed by atoms with Crippen molar-refractivity contribution in [1.82, 2.24) is 19.6 Å². The summed E-state index contributed by atoms with van der Waals surface area (Å²) in [7, 11) is 3.58. The first kappa shape index (κ1) is 20.6. The molecular formula is C21H33N5O2. The molecule has 1 aliphatic heterocycles. The van der Waals surface area contributed by atoms with Gasteiger partial charge in [-0.2, -0.15) is 0 Å². The number of likely N-dealkylation sites (tertiary alicyclic amines) is 1. The molecule has 2 aromatic rings. The smallest absolute Gasteiger partial charge is 0.193 e. The number of nitrogens with one attached hydrogen (secondary N) is 1. The molecule has 0 aliphatic carbocycles. The number of piperidine rings is 1. The fourth-order valence-electron chi connectivity index (χ4n) is 3.65. The van der Waals surface area contributed by atoms with Gasteiger partial charge >= 0.3 is 0 Å². The van der Waals surface area contributed by atoms with Crippen molar-refractivity contribution in [2.45, 2.75) is 38.7 Å². The van der Waals surface area contributed by atoms with Crippen LogP contribution < -0.4 is 5.32 Å². The van der Waals surface area contributed by atoms with Crippen molar-refractivity contribution in [3.8, 4) is 0 Å². The van der Waals surface area contributed by atoms with E-state index in [0.717, 1.165) is 75.8 Å². The summed E-state index contributed by atoms with van der Waals surface area (Å²) in [6, 6.07) is 4.15. The van der Waals surface area contributed by atoms with E-state index in [-0.39, 0.29) is 0 Å². The highest BCUT2D eigenvalue weighted by Crippen LogP contribution is 2.14. The van der Waals surface area contributed by atoms with Gasteiger partial charge in [-0.1, -0.05) is 6.07 Å². The third-order valence-corrected chi connectivity index (χ3v) is 5.19. The van der Waals surface area contributed by atoms with E-state index in [1.807, 2.05) is 13.2 Å². The Kier molecular flexibility index (Phi) is 7.68. The molecule has 0 unspecified atom stereocenters. The second-order valence-electron chi connectivity index (χ2n) is 7.28. The minimum absolute atomic E-state index is 0.354. The van der Waals surface area contributed by atoms with Crippen LogP contribution in [-0.4, -0.2) is 73.4 Å². The van der Waals surface area contributed by atoms with Crippen LogP contribution in [0.25, 0.3) is 5.65 Å². The lowest BCUT2D eigenvalue weighted by atomic mass is 10.1. The third kappa shape index (κ3) is 5.45. The Morgan fingerprint density at radius 1 is 1.32 bits per heavy atom. The molecule has 0 amide bonds. The molecule has 0 bridgehead atoms. The third-order valence-electron chi connectivity index (χ3n) is 5.19. The maximum absolute atomic E-state index is 5.95. The molecule has 7 heteroatoms. The highest BCUT2D eigenvalue weighted by atomic mass is 16.5. The molecule has 1 N–H and O–H groups in total. The first-order valence-corrected chi connectivity index (χ1v) is 10.2. The highest BCUT2D eigenvalue weighted by Gasteiger charge is 2.21. The SMILES string of the molecule is CN=C(NCCc1cn2cccc(C)c2n1)N1CCC(OCCCOC)CC1. The van der Waals surface area contributed by atoms with Crippen LogP contribution in [0.5, 0.6) is 0 Å². The molecule has 1 aliphatic rings. The maximum atomic E-state index is 5.95. The molecule has 1 saturated heterocycles. The monoisotopic (exact) mass is 387 g/mol. The van der Waals surface area contributed by atoms with E-state index >= 15 is 0 Å². The molecule has 0 aromatic carbocycles. The van der Waals surface area contributed by atoms with E-state index in [0.29, 0.717) is 6.10 Å². The van der Waals surface area contributed by atoms with E-state index in [1.165, 1.54) is 5.56 Å². The molecule has 0 spiro atoms. The number of hydrogen-bond donors (Lipinski definition) is 1. The number of guanidine groups is 1. The molecule has 7 nitrogen and oxygen atoms in total. The number of nitrogens with zero attached hydrogens (tertiary/aromatic N) is 4. The van der Waals surface area contributed by atoms with Gasteiger partial charge in [0, 0.05) is 65.8 Å². The van der Waals surface area contributed by atoms with Crippen LogP contribution in [0.1, 0.15) is 30.5 Å². The number of methoxy groups -OCH3 is 1. The van der Waals surface area contributed by atoms with E-state index in [1.54, 1.807) is 7.11 Å². The summed E-state index contributed by atoms with van der Waals surface area (Å²) < 4.78 is 13.1. The second kappa shape index (κ2) is 10.4. The van der Waals surface area contributed by atoms with E-state index in [9.17, 15) is 0 Å². The van der Waals surface area contributed by atoms with Gasteiger partial charge < -0.3 is 24.1 Å². The van der Waals surface area contributed by atoms with Gasteiger partial charge in [-0.25, -0.2) is 4.98 Å². The highest BCUT2D eigenvalue weighted by molar-refractivity contribution is 5.79.